The van der Waals surface area contributed by atoms with Gasteiger partial charge in [-0.25, -0.2) is 4.39 Å². The summed E-state index contributed by atoms with van der Waals surface area (Å²) in [6.07, 6.45) is 8.87. The van der Waals surface area contributed by atoms with E-state index in [0.717, 1.165) is 43.4 Å². The van der Waals surface area contributed by atoms with E-state index in [1.54, 1.807) is 41.3 Å². The van der Waals surface area contributed by atoms with Crippen molar-refractivity contribution in [1.82, 2.24) is 10.2 Å². The first kappa shape index (κ1) is 27.2. The molecule has 0 radical (unpaired) electrons. The minimum atomic E-state index is -0.302. The lowest BCUT2D eigenvalue weighted by Crippen LogP contribution is -2.54. The van der Waals surface area contributed by atoms with Crippen molar-refractivity contribution >= 4 is 29.7 Å². The van der Waals surface area contributed by atoms with Crippen molar-refractivity contribution in [2.45, 2.75) is 70.6 Å². The molecule has 198 valence electrons. The third-order valence-corrected chi connectivity index (χ3v) is 8.14. The second-order valence-electron chi connectivity index (χ2n) is 9.74. The van der Waals surface area contributed by atoms with Gasteiger partial charge < -0.3 is 15.0 Å². The van der Waals surface area contributed by atoms with Gasteiger partial charge in [0.2, 0.25) is 0 Å². The molecule has 2 unspecified atom stereocenters. The summed E-state index contributed by atoms with van der Waals surface area (Å²) in [4.78, 5) is 27.7. The van der Waals surface area contributed by atoms with Gasteiger partial charge in [-0.15, -0.1) is 0 Å². The van der Waals surface area contributed by atoms with E-state index in [4.69, 9.17) is 4.74 Å². The lowest BCUT2D eigenvalue weighted by atomic mass is 9.89. The number of unbranched alkanes of at least 4 members (excludes halogenated alkanes) is 1. The molecule has 1 saturated carbocycles. The summed E-state index contributed by atoms with van der Waals surface area (Å²) < 4.78 is 20.6. The Morgan fingerprint density at radius 3 is 2.65 bits per heavy atom. The third-order valence-electron chi connectivity index (χ3n) is 6.98. The number of amides is 2. The Hall–Kier alpha value is -2.80. The number of nitrogens with one attached hydrogen (secondary N) is 1. The number of thioether (sulfide) groups is 1. The Bertz CT molecular complexity index is 1090. The molecule has 37 heavy (non-hydrogen) atoms. The number of hydrogen-bond donors (Lipinski definition) is 1. The van der Waals surface area contributed by atoms with Crippen LogP contribution in [-0.4, -0.2) is 46.9 Å². The molecule has 0 spiro atoms. The molecule has 1 saturated heterocycles. The summed E-state index contributed by atoms with van der Waals surface area (Å²) in [5.74, 6) is 1.89. The van der Waals surface area contributed by atoms with Crippen LogP contribution in [0.5, 0.6) is 0 Å². The lowest BCUT2D eigenvalue weighted by Gasteiger charge is -2.44. The predicted molar refractivity (Wildman–Crippen MR) is 148 cm³/mol. The van der Waals surface area contributed by atoms with Crippen LogP contribution in [-0.2, 0) is 16.1 Å². The molecule has 2 aromatic carbocycles. The number of rotatable bonds is 11. The van der Waals surface area contributed by atoms with Crippen LogP contribution in [0.4, 0.5) is 4.39 Å². The number of carbonyl (C=O) groups is 2. The van der Waals surface area contributed by atoms with Crippen molar-refractivity contribution in [3.8, 4) is 0 Å². The van der Waals surface area contributed by atoms with E-state index < -0.39 is 0 Å². The number of halogens is 1. The van der Waals surface area contributed by atoms with Gasteiger partial charge in [0, 0.05) is 24.2 Å². The molecule has 1 aliphatic carbocycles. The maximum atomic E-state index is 14.4. The lowest BCUT2D eigenvalue weighted by molar-refractivity contribution is -0.149. The Kier molecular flexibility index (Phi) is 10.1. The van der Waals surface area contributed by atoms with Gasteiger partial charge in [0.25, 0.3) is 11.8 Å². The fourth-order valence-electron chi connectivity index (χ4n) is 4.88. The Morgan fingerprint density at radius 2 is 1.86 bits per heavy atom. The molecule has 2 aromatic rings. The molecular weight excluding hydrogens is 487 g/mol. The van der Waals surface area contributed by atoms with Crippen molar-refractivity contribution < 1.29 is 18.7 Å². The van der Waals surface area contributed by atoms with Gasteiger partial charge in [-0.2, -0.15) is 11.8 Å². The number of carbonyl (C=O) groups excluding carboxylic acids is 2. The normalized spacial score (nSPS) is 20.4. The third kappa shape index (κ3) is 7.37. The van der Waals surface area contributed by atoms with E-state index in [1.165, 1.54) is 24.7 Å². The van der Waals surface area contributed by atoms with Crippen molar-refractivity contribution in [2.24, 2.45) is 0 Å². The monoisotopic (exact) mass is 524 g/mol. The number of morpholine rings is 1. The fraction of sp³-hybridized carbons (Fsp3) is 0.467. The molecule has 0 aromatic heterocycles. The maximum absolute atomic E-state index is 14.4. The van der Waals surface area contributed by atoms with Crippen molar-refractivity contribution in [3.05, 3.63) is 76.8 Å². The highest BCUT2D eigenvalue weighted by molar-refractivity contribution is 7.99. The van der Waals surface area contributed by atoms with Gasteiger partial charge in [-0.05, 0) is 73.4 Å². The second-order valence-corrected chi connectivity index (χ2v) is 11.0. The van der Waals surface area contributed by atoms with Gasteiger partial charge >= 0.3 is 0 Å². The summed E-state index contributed by atoms with van der Waals surface area (Å²) >= 11 is 1.93. The summed E-state index contributed by atoms with van der Waals surface area (Å²) in [5.41, 5.74) is 1.88. The maximum Gasteiger partial charge on any atom is 0.289 e. The van der Waals surface area contributed by atoms with Gasteiger partial charge in [-0.1, -0.05) is 50.1 Å². The number of ether oxygens (including phenoxy) is 1. The molecule has 2 fully saturated rings. The summed E-state index contributed by atoms with van der Waals surface area (Å²) in [7, 11) is 0. The zero-order valence-corrected chi connectivity index (χ0v) is 22.4. The van der Waals surface area contributed by atoms with Crippen LogP contribution in [0.3, 0.4) is 0 Å². The highest BCUT2D eigenvalue weighted by Gasteiger charge is 2.41. The molecule has 1 heterocycles. The van der Waals surface area contributed by atoms with E-state index in [1.807, 2.05) is 23.9 Å². The topological polar surface area (TPSA) is 58.6 Å². The van der Waals surface area contributed by atoms with E-state index in [0.29, 0.717) is 17.7 Å². The molecule has 1 N–H and O–H groups in total. The number of benzene rings is 2. The molecule has 2 amide bonds. The zero-order valence-electron chi connectivity index (χ0n) is 21.6. The Balaban J connectivity index is 1.39. The van der Waals surface area contributed by atoms with E-state index >= 15 is 0 Å². The molecule has 1 aliphatic heterocycles. The first-order valence-corrected chi connectivity index (χ1v) is 14.6. The van der Waals surface area contributed by atoms with Crippen LogP contribution in [0, 0.1) is 5.82 Å². The van der Waals surface area contributed by atoms with Gasteiger partial charge in [0.1, 0.15) is 11.9 Å². The summed E-state index contributed by atoms with van der Waals surface area (Å²) in [6.45, 7) is 3.08. The van der Waals surface area contributed by atoms with Gasteiger partial charge in [-0.3, -0.25) is 9.59 Å². The SMILES string of the molecule is CCCCSCCCNC(=O)c1ccc(/C=C2\OC3CCCCC3N(Cc3ccccc3F)C2=O)cc1. The average molecular weight is 525 g/mol. The summed E-state index contributed by atoms with van der Waals surface area (Å²) in [5, 5.41) is 2.98. The van der Waals surface area contributed by atoms with Crippen molar-refractivity contribution in [3.63, 3.8) is 0 Å². The first-order valence-electron chi connectivity index (χ1n) is 13.5. The summed E-state index contributed by atoms with van der Waals surface area (Å²) in [6, 6.07) is 13.8. The molecule has 0 bridgehead atoms. The molecule has 5 nitrogen and oxygen atoms in total. The van der Waals surface area contributed by atoms with Crippen molar-refractivity contribution in [2.75, 3.05) is 18.1 Å². The van der Waals surface area contributed by atoms with Crippen LogP contribution < -0.4 is 5.32 Å². The first-order chi connectivity index (χ1) is 18.1. The van der Waals surface area contributed by atoms with Crippen LogP contribution in [0.1, 0.15) is 73.4 Å². The molecule has 4 rings (SSSR count). The number of nitrogens with zero attached hydrogens (tertiary/aromatic N) is 1. The van der Waals surface area contributed by atoms with Gasteiger partial charge in [0.15, 0.2) is 5.76 Å². The fourth-order valence-corrected chi connectivity index (χ4v) is 5.93. The second kappa shape index (κ2) is 13.7. The minimum absolute atomic E-state index is 0.0471. The van der Waals surface area contributed by atoms with E-state index in [2.05, 4.69) is 12.2 Å². The van der Waals surface area contributed by atoms with E-state index in [-0.39, 0.29) is 42.1 Å². The highest BCUT2D eigenvalue weighted by Crippen LogP contribution is 2.34. The Labute approximate surface area is 223 Å². The average Bonchev–Trinajstić information content (AvgIpc) is 2.92. The van der Waals surface area contributed by atoms with Crippen LogP contribution >= 0.6 is 11.8 Å². The molecule has 2 aliphatic rings. The highest BCUT2D eigenvalue weighted by atomic mass is 32.2. The van der Waals surface area contributed by atoms with Gasteiger partial charge in [0.05, 0.1) is 6.04 Å². The Morgan fingerprint density at radius 1 is 1.11 bits per heavy atom. The van der Waals surface area contributed by atoms with Crippen LogP contribution in [0.25, 0.3) is 6.08 Å². The number of hydrogen-bond acceptors (Lipinski definition) is 4. The van der Waals surface area contributed by atoms with E-state index in [9.17, 15) is 14.0 Å². The van der Waals surface area contributed by atoms with Crippen molar-refractivity contribution in [1.29, 1.82) is 0 Å². The molecular formula is C30H37FN2O3S. The van der Waals surface area contributed by atoms with Crippen LogP contribution in [0.2, 0.25) is 0 Å². The smallest absolute Gasteiger partial charge is 0.289 e. The zero-order chi connectivity index (χ0) is 26.0. The molecule has 2 atom stereocenters. The van der Waals surface area contributed by atoms with Crippen LogP contribution in [0.15, 0.2) is 54.3 Å². The largest absolute Gasteiger partial charge is 0.482 e. The quantitative estimate of drug-likeness (QED) is 0.281. The molecule has 7 heteroatoms. The standard InChI is InChI=1S/C30H37FN2O3S/c1-2-3-18-37-19-8-17-32-29(34)23-15-13-22(14-16-23)20-28-30(35)33(21-24-9-4-5-10-25(24)31)26-11-6-7-12-27(26)36-28/h4-5,9-10,13-16,20,26-27H,2-3,6-8,11-12,17-19,21H2,1H3,(H,32,34)/b28-20-. The number of fused-ring (bicyclic) bond motifs is 1. The minimum Gasteiger partial charge on any atom is -0.482 e. The predicted octanol–water partition coefficient (Wildman–Crippen LogP) is 6.19.